The summed E-state index contributed by atoms with van der Waals surface area (Å²) < 4.78 is 11.6. The van der Waals surface area contributed by atoms with Crippen molar-refractivity contribution in [1.29, 1.82) is 0 Å². The van der Waals surface area contributed by atoms with E-state index in [-0.39, 0.29) is 18.1 Å². The second-order valence-electron chi connectivity index (χ2n) is 6.94. The first-order chi connectivity index (χ1) is 11.2. The molecule has 0 radical (unpaired) electrons. The molecular weight excluding hydrogens is 292 g/mol. The van der Waals surface area contributed by atoms with Crippen molar-refractivity contribution in [2.24, 2.45) is 5.92 Å². The predicted octanol–water partition coefficient (Wildman–Crippen LogP) is 2.06. The molecule has 5 heteroatoms. The molecule has 1 aromatic carbocycles. The monoisotopic (exact) mass is 316 g/mol. The number of benzene rings is 1. The maximum atomic E-state index is 12.6. The van der Waals surface area contributed by atoms with E-state index in [4.69, 9.17) is 9.47 Å². The van der Waals surface area contributed by atoms with Crippen molar-refractivity contribution >= 4 is 5.91 Å². The van der Waals surface area contributed by atoms with Gasteiger partial charge in [-0.05, 0) is 49.9 Å². The fourth-order valence-electron chi connectivity index (χ4n) is 3.89. The molecule has 4 atom stereocenters. The minimum absolute atomic E-state index is 0.0116. The van der Waals surface area contributed by atoms with Crippen LogP contribution in [-0.4, -0.2) is 49.2 Å². The number of hydrogen-bond acceptors (Lipinski definition) is 4. The van der Waals surface area contributed by atoms with Crippen LogP contribution in [0, 0.1) is 5.92 Å². The summed E-state index contributed by atoms with van der Waals surface area (Å²) in [6, 6.07) is 5.73. The Morgan fingerprint density at radius 2 is 2.26 bits per heavy atom. The van der Waals surface area contributed by atoms with Gasteiger partial charge >= 0.3 is 0 Å². The van der Waals surface area contributed by atoms with Gasteiger partial charge in [-0.3, -0.25) is 4.79 Å². The molecule has 4 rings (SSSR count). The number of rotatable bonds is 3. The number of amides is 1. The molecule has 23 heavy (non-hydrogen) atoms. The van der Waals surface area contributed by atoms with Crippen LogP contribution in [0.15, 0.2) is 18.2 Å². The lowest BCUT2D eigenvalue weighted by atomic mass is 9.96. The van der Waals surface area contributed by atoms with Gasteiger partial charge in [0.1, 0.15) is 12.7 Å². The molecule has 0 saturated carbocycles. The van der Waals surface area contributed by atoms with Gasteiger partial charge in [0.25, 0.3) is 5.91 Å². The average molecular weight is 316 g/mol. The first-order valence-corrected chi connectivity index (χ1v) is 8.68. The van der Waals surface area contributed by atoms with Crippen LogP contribution in [-0.2, 0) is 0 Å². The molecule has 3 aliphatic rings. The Morgan fingerprint density at radius 1 is 1.35 bits per heavy atom. The van der Waals surface area contributed by atoms with Crippen molar-refractivity contribution in [2.75, 3.05) is 26.2 Å². The molecule has 0 aromatic heterocycles. The van der Waals surface area contributed by atoms with Crippen molar-refractivity contribution in [2.45, 2.75) is 38.3 Å². The van der Waals surface area contributed by atoms with Gasteiger partial charge in [-0.2, -0.15) is 0 Å². The minimum atomic E-state index is -0.0116. The van der Waals surface area contributed by atoms with Gasteiger partial charge < -0.3 is 19.7 Å². The van der Waals surface area contributed by atoms with E-state index in [9.17, 15) is 4.79 Å². The molecule has 1 aromatic rings. The quantitative estimate of drug-likeness (QED) is 0.927. The highest BCUT2D eigenvalue weighted by Crippen LogP contribution is 2.33. The molecule has 3 aliphatic heterocycles. The van der Waals surface area contributed by atoms with Crippen LogP contribution in [0.1, 0.15) is 36.5 Å². The summed E-state index contributed by atoms with van der Waals surface area (Å²) in [4.78, 5) is 15.0. The standard InChI is InChI=1S/C18H24N2O3/c1-2-15-11-22-16-4-3-13(8-17(16)23-15)18(21)19-14-7-12-5-6-20(9-12)10-14/h3-4,8,12,14-15H,2,5-7,9-11H2,1H3,(H,19,21)/t12-,14-,15?/m1/s1. The Kier molecular flexibility index (Phi) is 3.89. The number of nitrogens with zero attached hydrogens (tertiary/aromatic N) is 1. The number of ether oxygens (including phenoxy) is 2. The Morgan fingerprint density at radius 3 is 3.09 bits per heavy atom. The molecule has 2 saturated heterocycles. The highest BCUT2D eigenvalue weighted by atomic mass is 16.6. The smallest absolute Gasteiger partial charge is 0.251 e. The Bertz CT molecular complexity index is 592. The number of carbonyl (C=O) groups is 1. The second-order valence-corrected chi connectivity index (χ2v) is 6.94. The molecule has 1 N–H and O–H groups in total. The zero-order valence-corrected chi connectivity index (χ0v) is 13.6. The summed E-state index contributed by atoms with van der Waals surface area (Å²) >= 11 is 0. The Hall–Kier alpha value is -1.75. The molecule has 124 valence electrons. The SMILES string of the molecule is CCC1COc2ccc(C(=O)N[C@@H]3C[C@H]4CCN(C4)C3)cc2O1. The predicted molar refractivity (Wildman–Crippen MR) is 87.1 cm³/mol. The van der Waals surface area contributed by atoms with Gasteiger partial charge in [0, 0.05) is 24.7 Å². The summed E-state index contributed by atoms with van der Waals surface area (Å²) in [5.41, 5.74) is 0.650. The van der Waals surface area contributed by atoms with Gasteiger partial charge in [0.15, 0.2) is 11.5 Å². The van der Waals surface area contributed by atoms with Crippen molar-refractivity contribution in [3.8, 4) is 11.5 Å². The van der Waals surface area contributed by atoms with Crippen molar-refractivity contribution in [1.82, 2.24) is 10.2 Å². The maximum Gasteiger partial charge on any atom is 0.251 e. The molecule has 0 aliphatic carbocycles. The summed E-state index contributed by atoms with van der Waals surface area (Å²) in [6.45, 7) is 6.01. The third-order valence-electron chi connectivity index (χ3n) is 5.18. The normalized spacial score (nSPS) is 31.7. The highest BCUT2D eigenvalue weighted by molar-refractivity contribution is 5.95. The molecule has 2 unspecified atom stereocenters. The van der Waals surface area contributed by atoms with E-state index in [1.54, 1.807) is 0 Å². The van der Waals surface area contributed by atoms with Crippen LogP contribution in [0.2, 0.25) is 0 Å². The van der Waals surface area contributed by atoms with E-state index in [0.29, 0.717) is 17.9 Å². The van der Waals surface area contributed by atoms with Crippen LogP contribution in [0.4, 0.5) is 0 Å². The first kappa shape index (κ1) is 14.8. The van der Waals surface area contributed by atoms with Crippen LogP contribution >= 0.6 is 0 Å². The lowest BCUT2D eigenvalue weighted by Gasteiger charge is -2.30. The van der Waals surface area contributed by atoms with Gasteiger partial charge in [-0.15, -0.1) is 0 Å². The van der Waals surface area contributed by atoms with Gasteiger partial charge in [-0.1, -0.05) is 6.92 Å². The van der Waals surface area contributed by atoms with Crippen molar-refractivity contribution < 1.29 is 14.3 Å². The number of fused-ring (bicyclic) bond motifs is 3. The third kappa shape index (κ3) is 3.02. The summed E-state index contributed by atoms with van der Waals surface area (Å²) in [7, 11) is 0. The number of nitrogens with one attached hydrogen (secondary N) is 1. The van der Waals surface area contributed by atoms with E-state index < -0.39 is 0 Å². The largest absolute Gasteiger partial charge is 0.486 e. The van der Waals surface area contributed by atoms with Gasteiger partial charge in [-0.25, -0.2) is 0 Å². The second kappa shape index (κ2) is 6.04. The van der Waals surface area contributed by atoms with Crippen LogP contribution in [0.5, 0.6) is 11.5 Å². The lowest BCUT2D eigenvalue weighted by Crippen LogP contribution is -2.47. The van der Waals surface area contributed by atoms with E-state index >= 15 is 0 Å². The molecule has 2 fully saturated rings. The van der Waals surface area contributed by atoms with E-state index in [1.807, 2.05) is 18.2 Å². The number of hydrogen-bond donors (Lipinski definition) is 1. The van der Waals surface area contributed by atoms with Crippen molar-refractivity contribution in [3.05, 3.63) is 23.8 Å². The Labute approximate surface area is 136 Å². The summed E-state index contributed by atoms with van der Waals surface area (Å²) in [5, 5.41) is 3.19. The third-order valence-corrected chi connectivity index (χ3v) is 5.18. The number of piperidine rings is 1. The van der Waals surface area contributed by atoms with Gasteiger partial charge in [0.2, 0.25) is 0 Å². The van der Waals surface area contributed by atoms with E-state index in [2.05, 4.69) is 17.1 Å². The molecular formula is C18H24N2O3. The Balaban J connectivity index is 1.44. The zero-order valence-electron chi connectivity index (χ0n) is 13.6. The lowest BCUT2D eigenvalue weighted by molar-refractivity contribution is 0.0863. The molecule has 5 nitrogen and oxygen atoms in total. The maximum absolute atomic E-state index is 12.6. The molecule has 0 spiro atoms. The highest BCUT2D eigenvalue weighted by Gasteiger charge is 2.33. The summed E-state index contributed by atoms with van der Waals surface area (Å²) in [5.74, 6) is 2.15. The number of carbonyl (C=O) groups excluding carboxylic acids is 1. The van der Waals surface area contributed by atoms with Gasteiger partial charge in [0.05, 0.1) is 0 Å². The van der Waals surface area contributed by atoms with Crippen LogP contribution in [0.25, 0.3) is 0 Å². The fourth-order valence-corrected chi connectivity index (χ4v) is 3.89. The van der Waals surface area contributed by atoms with Crippen LogP contribution < -0.4 is 14.8 Å². The first-order valence-electron chi connectivity index (χ1n) is 8.68. The summed E-state index contributed by atoms with van der Waals surface area (Å²) in [6.07, 6.45) is 3.34. The van der Waals surface area contributed by atoms with E-state index in [0.717, 1.165) is 31.1 Å². The fraction of sp³-hybridized carbons (Fsp3) is 0.611. The van der Waals surface area contributed by atoms with Crippen molar-refractivity contribution in [3.63, 3.8) is 0 Å². The molecule has 1 amide bonds. The van der Waals surface area contributed by atoms with E-state index in [1.165, 1.54) is 19.5 Å². The topological polar surface area (TPSA) is 50.8 Å². The molecule has 2 bridgehead atoms. The minimum Gasteiger partial charge on any atom is -0.486 e. The average Bonchev–Trinajstić information content (AvgIpc) is 2.92. The van der Waals surface area contributed by atoms with Crippen LogP contribution in [0.3, 0.4) is 0 Å². The zero-order chi connectivity index (χ0) is 15.8. The molecule has 3 heterocycles.